The van der Waals surface area contributed by atoms with Crippen LogP contribution in [-0.2, 0) is 10.0 Å². The predicted octanol–water partition coefficient (Wildman–Crippen LogP) is 2.34. The second-order valence-corrected chi connectivity index (χ2v) is 6.90. The van der Waals surface area contributed by atoms with Crippen LogP contribution in [0, 0.1) is 12.7 Å². The Kier molecular flexibility index (Phi) is 3.66. The molecule has 0 fully saturated rings. The molecule has 0 spiro atoms. The van der Waals surface area contributed by atoms with Crippen LogP contribution in [0.3, 0.4) is 0 Å². The molecule has 2 rings (SSSR count). The van der Waals surface area contributed by atoms with Gasteiger partial charge in [-0.05, 0) is 19.1 Å². The van der Waals surface area contributed by atoms with E-state index in [9.17, 15) is 17.6 Å². The molecule has 0 bridgehead atoms. The number of aromatic nitrogens is 1. The summed E-state index contributed by atoms with van der Waals surface area (Å²) >= 11 is 6.26. The fourth-order valence-corrected chi connectivity index (χ4v) is 4.08. The van der Waals surface area contributed by atoms with Gasteiger partial charge in [-0.15, -0.1) is 0 Å². The van der Waals surface area contributed by atoms with E-state index in [-0.39, 0.29) is 20.6 Å². The molecule has 1 aromatic carbocycles. The van der Waals surface area contributed by atoms with E-state index in [0.717, 1.165) is 6.07 Å². The summed E-state index contributed by atoms with van der Waals surface area (Å²) in [5.41, 5.74) is -0.153. The summed E-state index contributed by atoms with van der Waals surface area (Å²) in [5, 5.41) is -0.0656. The predicted molar refractivity (Wildman–Crippen MR) is 71.9 cm³/mol. The molecule has 0 amide bonds. The van der Waals surface area contributed by atoms with Crippen molar-refractivity contribution in [2.45, 2.75) is 11.1 Å². The Morgan fingerprint density at radius 3 is 2.63 bits per heavy atom. The van der Waals surface area contributed by atoms with Crippen molar-refractivity contribution in [3.05, 3.63) is 44.4 Å². The van der Waals surface area contributed by atoms with Gasteiger partial charge in [0, 0.05) is 5.69 Å². The minimum atomic E-state index is -4.06. The minimum absolute atomic E-state index is 0.0656. The minimum Gasteiger partial charge on any atom is -0.315 e. The first kappa shape index (κ1) is 14.0. The van der Waals surface area contributed by atoms with Crippen molar-refractivity contribution >= 4 is 38.6 Å². The molecule has 19 heavy (non-hydrogen) atoms. The number of benzene rings is 1. The lowest BCUT2D eigenvalue weighted by Gasteiger charge is -2.09. The van der Waals surface area contributed by atoms with E-state index in [1.54, 1.807) is 0 Å². The van der Waals surface area contributed by atoms with Crippen LogP contribution in [0.1, 0.15) is 5.69 Å². The Balaban J connectivity index is 2.48. The molecule has 0 radical (unpaired) electrons. The standard InChI is InChI=1S/C10H8ClFN2O3S2/c1-5-9(18-10(15)13-5)19(16,17)14-8-6(11)3-2-4-7(8)12/h2-4,14H,1H3,(H,13,15). The number of aryl methyl sites for hydroxylation is 1. The first-order valence-corrected chi connectivity index (χ1v) is 7.65. The molecule has 0 aliphatic heterocycles. The molecule has 102 valence electrons. The van der Waals surface area contributed by atoms with Gasteiger partial charge in [-0.25, -0.2) is 12.8 Å². The topological polar surface area (TPSA) is 79.0 Å². The highest BCUT2D eigenvalue weighted by Crippen LogP contribution is 2.28. The third-order valence-corrected chi connectivity index (χ3v) is 5.49. The maximum Gasteiger partial charge on any atom is 0.306 e. The maximum atomic E-state index is 13.5. The number of sulfonamides is 1. The van der Waals surface area contributed by atoms with E-state index >= 15 is 0 Å². The number of rotatable bonds is 3. The van der Waals surface area contributed by atoms with Gasteiger partial charge in [-0.1, -0.05) is 29.0 Å². The smallest absolute Gasteiger partial charge is 0.306 e. The summed E-state index contributed by atoms with van der Waals surface area (Å²) in [7, 11) is -4.06. The summed E-state index contributed by atoms with van der Waals surface area (Å²) in [4.78, 5) is 13.0. The molecule has 0 unspecified atom stereocenters. The van der Waals surface area contributed by atoms with Gasteiger partial charge in [-0.2, -0.15) is 0 Å². The summed E-state index contributed by atoms with van der Waals surface area (Å²) in [6, 6.07) is 3.79. The van der Waals surface area contributed by atoms with Crippen LogP contribution < -0.4 is 9.60 Å². The monoisotopic (exact) mass is 322 g/mol. The fraction of sp³-hybridized carbons (Fsp3) is 0.100. The van der Waals surface area contributed by atoms with Gasteiger partial charge in [0.15, 0.2) is 4.21 Å². The molecule has 9 heteroatoms. The van der Waals surface area contributed by atoms with Crippen molar-refractivity contribution in [2.75, 3.05) is 4.72 Å². The van der Waals surface area contributed by atoms with Crippen LogP contribution in [0.2, 0.25) is 5.02 Å². The third-order valence-electron chi connectivity index (χ3n) is 2.22. The van der Waals surface area contributed by atoms with Gasteiger partial charge < -0.3 is 4.98 Å². The van der Waals surface area contributed by atoms with Crippen molar-refractivity contribution in [3.8, 4) is 0 Å². The first-order chi connectivity index (χ1) is 8.81. The number of para-hydroxylation sites is 1. The Labute approximate surface area is 117 Å². The molecule has 0 saturated heterocycles. The number of aromatic amines is 1. The molecule has 0 atom stereocenters. The van der Waals surface area contributed by atoms with Gasteiger partial charge in [0.1, 0.15) is 11.5 Å². The average Bonchev–Trinajstić information content (AvgIpc) is 2.64. The van der Waals surface area contributed by atoms with Gasteiger partial charge in [0.2, 0.25) is 0 Å². The van der Waals surface area contributed by atoms with Gasteiger partial charge in [0.05, 0.1) is 5.02 Å². The number of thiazole rings is 1. The molecule has 1 aromatic heterocycles. The first-order valence-electron chi connectivity index (χ1n) is 4.98. The normalized spacial score (nSPS) is 11.5. The highest BCUT2D eigenvalue weighted by atomic mass is 35.5. The van der Waals surface area contributed by atoms with E-state index in [1.807, 2.05) is 4.72 Å². The average molecular weight is 323 g/mol. The number of H-pyrrole nitrogens is 1. The summed E-state index contributed by atoms with van der Waals surface area (Å²) in [6.07, 6.45) is 0. The Hall–Kier alpha value is -1.38. The van der Waals surface area contributed by atoms with E-state index in [2.05, 4.69) is 4.98 Å². The highest BCUT2D eigenvalue weighted by molar-refractivity contribution is 7.94. The molecular weight excluding hydrogens is 315 g/mol. The summed E-state index contributed by atoms with van der Waals surface area (Å²) in [5.74, 6) is -0.795. The lowest BCUT2D eigenvalue weighted by Crippen LogP contribution is -2.14. The van der Waals surface area contributed by atoms with Crippen LogP contribution >= 0.6 is 22.9 Å². The van der Waals surface area contributed by atoms with Gasteiger partial charge in [0.25, 0.3) is 10.0 Å². The van der Waals surface area contributed by atoms with Crippen molar-refractivity contribution in [3.63, 3.8) is 0 Å². The zero-order chi connectivity index (χ0) is 14.2. The number of hydrogen-bond acceptors (Lipinski definition) is 4. The molecule has 2 N–H and O–H groups in total. The fourth-order valence-electron chi connectivity index (χ4n) is 1.42. The molecule has 2 aromatic rings. The van der Waals surface area contributed by atoms with E-state index in [0.29, 0.717) is 11.3 Å². The molecule has 0 aliphatic carbocycles. The Morgan fingerprint density at radius 1 is 1.42 bits per heavy atom. The van der Waals surface area contributed by atoms with E-state index < -0.39 is 20.7 Å². The van der Waals surface area contributed by atoms with Crippen molar-refractivity contribution in [1.29, 1.82) is 0 Å². The quantitative estimate of drug-likeness (QED) is 0.910. The zero-order valence-corrected chi connectivity index (χ0v) is 11.9. The Morgan fingerprint density at radius 2 is 2.11 bits per heavy atom. The lowest BCUT2D eigenvalue weighted by molar-refractivity contribution is 0.599. The van der Waals surface area contributed by atoms with Crippen molar-refractivity contribution in [1.82, 2.24) is 4.98 Å². The molecule has 0 saturated carbocycles. The second kappa shape index (κ2) is 4.95. The number of nitrogens with one attached hydrogen (secondary N) is 2. The summed E-state index contributed by atoms with van der Waals surface area (Å²) < 4.78 is 39.5. The van der Waals surface area contributed by atoms with E-state index in [1.165, 1.54) is 19.1 Å². The summed E-state index contributed by atoms with van der Waals surface area (Å²) in [6.45, 7) is 1.44. The van der Waals surface area contributed by atoms with Crippen molar-refractivity contribution < 1.29 is 12.8 Å². The van der Waals surface area contributed by atoms with Crippen molar-refractivity contribution in [2.24, 2.45) is 0 Å². The van der Waals surface area contributed by atoms with Crippen LogP contribution in [0.25, 0.3) is 0 Å². The second-order valence-electron chi connectivity index (χ2n) is 3.63. The number of anilines is 1. The number of halogens is 2. The maximum absolute atomic E-state index is 13.5. The number of hydrogen-bond donors (Lipinski definition) is 2. The van der Waals surface area contributed by atoms with Crippen LogP contribution in [-0.4, -0.2) is 13.4 Å². The third kappa shape index (κ3) is 2.80. The molecule has 5 nitrogen and oxygen atoms in total. The Bertz CT molecular complexity index is 762. The zero-order valence-electron chi connectivity index (χ0n) is 9.53. The van der Waals surface area contributed by atoms with Crippen LogP contribution in [0.4, 0.5) is 10.1 Å². The SMILES string of the molecule is Cc1[nH]c(=O)sc1S(=O)(=O)Nc1c(F)cccc1Cl. The highest BCUT2D eigenvalue weighted by Gasteiger charge is 2.23. The van der Waals surface area contributed by atoms with Gasteiger partial charge in [-0.3, -0.25) is 9.52 Å². The lowest BCUT2D eigenvalue weighted by atomic mass is 10.3. The van der Waals surface area contributed by atoms with Gasteiger partial charge >= 0.3 is 4.87 Å². The molecule has 1 heterocycles. The van der Waals surface area contributed by atoms with E-state index in [4.69, 9.17) is 11.6 Å². The largest absolute Gasteiger partial charge is 0.315 e. The van der Waals surface area contributed by atoms with Crippen LogP contribution in [0.15, 0.2) is 27.2 Å². The van der Waals surface area contributed by atoms with Crippen LogP contribution in [0.5, 0.6) is 0 Å². The molecule has 0 aliphatic rings. The molecular formula is C10H8ClFN2O3S2.